The summed E-state index contributed by atoms with van der Waals surface area (Å²) >= 11 is 0. The van der Waals surface area contributed by atoms with Crippen LogP contribution in [0.15, 0.2) is 0 Å². The minimum Gasteiger partial charge on any atom is -0.449 e. The van der Waals surface area contributed by atoms with E-state index in [4.69, 9.17) is 10.5 Å². The molecule has 2 N–H and O–H groups in total. The van der Waals surface area contributed by atoms with Crippen LogP contribution in [0.25, 0.3) is 0 Å². The van der Waals surface area contributed by atoms with E-state index in [-0.39, 0.29) is 12.1 Å². The van der Waals surface area contributed by atoms with Gasteiger partial charge in [0.25, 0.3) is 0 Å². The highest BCUT2D eigenvalue weighted by Gasteiger charge is 2.24. The Morgan fingerprint density at radius 2 is 2.46 bits per heavy atom. The van der Waals surface area contributed by atoms with Crippen molar-refractivity contribution in [2.75, 3.05) is 19.7 Å². The minimum absolute atomic E-state index is 0.138. The Morgan fingerprint density at radius 3 is 3.00 bits per heavy atom. The predicted molar refractivity (Wildman–Crippen MR) is 50.4 cm³/mol. The number of likely N-dealkylation sites (tertiary alicyclic amines) is 1. The lowest BCUT2D eigenvalue weighted by molar-refractivity contribution is 0.109. The first kappa shape index (κ1) is 10.3. The average Bonchev–Trinajstić information content (AvgIpc) is 2.52. The van der Waals surface area contributed by atoms with Crippen LogP contribution in [0.5, 0.6) is 0 Å². The average molecular weight is 186 g/mol. The van der Waals surface area contributed by atoms with Gasteiger partial charge in [-0.05, 0) is 12.8 Å². The lowest BCUT2D eigenvalue weighted by atomic mass is 10.3. The largest absolute Gasteiger partial charge is 0.449 e. The Morgan fingerprint density at radius 1 is 1.69 bits per heavy atom. The highest BCUT2D eigenvalue weighted by molar-refractivity contribution is 5.68. The fraction of sp³-hybridized carbons (Fsp3) is 0.889. The van der Waals surface area contributed by atoms with Crippen LogP contribution in [-0.2, 0) is 4.74 Å². The summed E-state index contributed by atoms with van der Waals surface area (Å²) in [5.41, 5.74) is 5.67. The second-order valence-corrected chi connectivity index (χ2v) is 3.46. The maximum absolute atomic E-state index is 11.3. The predicted octanol–water partition coefficient (Wildman–Crippen LogP) is 0.956. The topological polar surface area (TPSA) is 55.6 Å². The van der Waals surface area contributed by atoms with E-state index in [1.807, 2.05) is 0 Å². The number of rotatable bonds is 3. The Hall–Kier alpha value is -0.770. The Balaban J connectivity index is 2.16. The van der Waals surface area contributed by atoms with E-state index in [2.05, 4.69) is 6.92 Å². The van der Waals surface area contributed by atoms with Gasteiger partial charge in [-0.25, -0.2) is 4.79 Å². The number of hydrogen-bond donors (Lipinski definition) is 1. The normalized spacial score (nSPS) is 22.0. The summed E-state index contributed by atoms with van der Waals surface area (Å²) in [6.07, 6.45) is 2.67. The summed E-state index contributed by atoms with van der Waals surface area (Å²) in [4.78, 5) is 13.0. The zero-order valence-corrected chi connectivity index (χ0v) is 8.16. The number of carbonyl (C=O) groups excluding carboxylic acids is 1. The number of unbranched alkanes of at least 4 members (excludes halogenated alkanes) is 1. The third kappa shape index (κ3) is 3.22. The van der Waals surface area contributed by atoms with Gasteiger partial charge in [0.2, 0.25) is 0 Å². The summed E-state index contributed by atoms with van der Waals surface area (Å²) in [7, 11) is 0. The van der Waals surface area contributed by atoms with Gasteiger partial charge in [-0.2, -0.15) is 0 Å². The van der Waals surface area contributed by atoms with Crippen LogP contribution in [0.3, 0.4) is 0 Å². The third-order valence-corrected chi connectivity index (χ3v) is 2.21. The Kier molecular flexibility index (Phi) is 4.02. The molecule has 1 aliphatic heterocycles. The van der Waals surface area contributed by atoms with Crippen molar-refractivity contribution in [1.29, 1.82) is 0 Å². The lowest BCUT2D eigenvalue weighted by Gasteiger charge is -2.15. The first-order chi connectivity index (χ1) is 6.24. The molecule has 0 aromatic rings. The van der Waals surface area contributed by atoms with Gasteiger partial charge in [-0.1, -0.05) is 13.3 Å². The molecule has 1 fully saturated rings. The van der Waals surface area contributed by atoms with Crippen LogP contribution in [0.4, 0.5) is 4.79 Å². The third-order valence-electron chi connectivity index (χ3n) is 2.21. The van der Waals surface area contributed by atoms with Crippen molar-refractivity contribution in [3.8, 4) is 0 Å². The number of nitrogens with two attached hydrogens (primary N) is 1. The smallest absolute Gasteiger partial charge is 0.409 e. The zero-order chi connectivity index (χ0) is 9.68. The van der Waals surface area contributed by atoms with Crippen molar-refractivity contribution < 1.29 is 9.53 Å². The molecule has 1 atom stereocenters. The van der Waals surface area contributed by atoms with Gasteiger partial charge in [-0.3, -0.25) is 0 Å². The summed E-state index contributed by atoms with van der Waals surface area (Å²) in [5, 5.41) is 0. The van der Waals surface area contributed by atoms with Crippen molar-refractivity contribution >= 4 is 6.09 Å². The van der Waals surface area contributed by atoms with Gasteiger partial charge in [0, 0.05) is 19.1 Å². The van der Waals surface area contributed by atoms with Gasteiger partial charge in [0.15, 0.2) is 0 Å². The second kappa shape index (κ2) is 5.07. The summed E-state index contributed by atoms with van der Waals surface area (Å²) in [6, 6.07) is 0.138. The van der Waals surface area contributed by atoms with E-state index in [1.165, 1.54) is 0 Å². The molecule has 1 unspecified atom stereocenters. The molecule has 1 rings (SSSR count). The Labute approximate surface area is 79.0 Å². The van der Waals surface area contributed by atoms with Gasteiger partial charge in [-0.15, -0.1) is 0 Å². The standard InChI is InChI=1S/C9H18N2O2/c1-2-3-6-13-9(12)11-5-4-8(10)7-11/h8H,2-7,10H2,1H3. The zero-order valence-electron chi connectivity index (χ0n) is 8.16. The molecule has 1 amide bonds. The van der Waals surface area contributed by atoms with Crippen molar-refractivity contribution in [1.82, 2.24) is 4.90 Å². The van der Waals surface area contributed by atoms with Crippen LogP contribution < -0.4 is 5.73 Å². The second-order valence-electron chi connectivity index (χ2n) is 3.46. The molecule has 13 heavy (non-hydrogen) atoms. The first-order valence-corrected chi connectivity index (χ1v) is 4.91. The van der Waals surface area contributed by atoms with Gasteiger partial charge in [0.05, 0.1) is 6.61 Å². The molecule has 0 aromatic heterocycles. The van der Waals surface area contributed by atoms with E-state index in [0.717, 1.165) is 25.8 Å². The number of hydrogen-bond acceptors (Lipinski definition) is 3. The molecule has 1 heterocycles. The van der Waals surface area contributed by atoms with Crippen molar-refractivity contribution in [3.63, 3.8) is 0 Å². The molecular weight excluding hydrogens is 168 g/mol. The number of ether oxygens (including phenoxy) is 1. The van der Waals surface area contributed by atoms with Crippen molar-refractivity contribution in [2.24, 2.45) is 5.73 Å². The van der Waals surface area contributed by atoms with Crippen LogP contribution >= 0.6 is 0 Å². The molecule has 0 radical (unpaired) electrons. The molecule has 0 saturated carbocycles. The van der Waals surface area contributed by atoms with Gasteiger partial charge < -0.3 is 15.4 Å². The quantitative estimate of drug-likeness (QED) is 0.668. The van der Waals surface area contributed by atoms with Crippen LogP contribution in [0, 0.1) is 0 Å². The number of amides is 1. The van der Waals surface area contributed by atoms with Gasteiger partial charge in [0.1, 0.15) is 0 Å². The van der Waals surface area contributed by atoms with E-state index < -0.39 is 0 Å². The van der Waals surface area contributed by atoms with Crippen molar-refractivity contribution in [3.05, 3.63) is 0 Å². The summed E-state index contributed by atoms with van der Waals surface area (Å²) in [5.74, 6) is 0. The maximum Gasteiger partial charge on any atom is 0.409 e. The molecule has 4 heteroatoms. The van der Waals surface area contributed by atoms with Crippen LogP contribution in [-0.4, -0.2) is 36.7 Å². The number of nitrogens with zero attached hydrogens (tertiary/aromatic N) is 1. The molecule has 0 bridgehead atoms. The Bertz CT molecular complexity index is 173. The SMILES string of the molecule is CCCCOC(=O)N1CCC(N)C1. The van der Waals surface area contributed by atoms with Crippen LogP contribution in [0.2, 0.25) is 0 Å². The molecular formula is C9H18N2O2. The fourth-order valence-electron chi connectivity index (χ4n) is 1.35. The molecule has 76 valence electrons. The van der Waals surface area contributed by atoms with E-state index >= 15 is 0 Å². The minimum atomic E-state index is -0.207. The number of carbonyl (C=O) groups is 1. The summed E-state index contributed by atoms with van der Waals surface area (Å²) in [6.45, 7) is 3.98. The van der Waals surface area contributed by atoms with Gasteiger partial charge >= 0.3 is 6.09 Å². The monoisotopic (exact) mass is 186 g/mol. The van der Waals surface area contributed by atoms with E-state index in [1.54, 1.807) is 4.90 Å². The van der Waals surface area contributed by atoms with Crippen LogP contribution in [0.1, 0.15) is 26.2 Å². The lowest BCUT2D eigenvalue weighted by Crippen LogP contribution is -2.32. The molecule has 0 spiro atoms. The summed E-state index contributed by atoms with van der Waals surface area (Å²) < 4.78 is 5.05. The van der Waals surface area contributed by atoms with E-state index in [9.17, 15) is 4.79 Å². The highest BCUT2D eigenvalue weighted by Crippen LogP contribution is 2.08. The molecule has 1 saturated heterocycles. The highest BCUT2D eigenvalue weighted by atomic mass is 16.6. The van der Waals surface area contributed by atoms with E-state index in [0.29, 0.717) is 13.2 Å². The molecule has 0 aromatic carbocycles. The molecule has 4 nitrogen and oxygen atoms in total. The molecule has 1 aliphatic rings. The maximum atomic E-state index is 11.3. The first-order valence-electron chi connectivity index (χ1n) is 4.91. The fourth-order valence-corrected chi connectivity index (χ4v) is 1.35. The molecule has 0 aliphatic carbocycles. The van der Waals surface area contributed by atoms with Crippen molar-refractivity contribution in [2.45, 2.75) is 32.2 Å².